The van der Waals surface area contributed by atoms with E-state index in [1.807, 2.05) is 30.3 Å². The van der Waals surface area contributed by atoms with E-state index >= 15 is 0 Å². The van der Waals surface area contributed by atoms with E-state index in [1.165, 1.54) is 17.0 Å². The van der Waals surface area contributed by atoms with Crippen molar-refractivity contribution in [3.8, 4) is 17.0 Å². The Morgan fingerprint density at radius 2 is 1.86 bits per heavy atom. The molecule has 0 radical (unpaired) electrons. The standard InChI is InChI=1S/C23H25N3O3/c1-2-3-15-29-20-11-9-19(10-12-20)23(28)24-13-14-26-17-25-21(16-22(26)27)18-7-5-4-6-8-18/h4-12,16-17H,2-3,13-15H2,1H3,(H,24,28). The van der Waals surface area contributed by atoms with Gasteiger partial charge in [0.25, 0.3) is 11.5 Å². The first-order chi connectivity index (χ1) is 14.2. The molecule has 0 atom stereocenters. The number of hydrogen-bond donors (Lipinski definition) is 1. The number of amides is 1. The Bertz CT molecular complexity index is 982. The van der Waals surface area contributed by atoms with Gasteiger partial charge in [-0.1, -0.05) is 43.7 Å². The summed E-state index contributed by atoms with van der Waals surface area (Å²) >= 11 is 0. The van der Waals surface area contributed by atoms with Crippen molar-refractivity contribution in [2.45, 2.75) is 26.3 Å². The van der Waals surface area contributed by atoms with Crippen molar-refractivity contribution >= 4 is 5.91 Å². The van der Waals surface area contributed by atoms with Gasteiger partial charge >= 0.3 is 0 Å². The third-order valence-electron chi connectivity index (χ3n) is 4.47. The van der Waals surface area contributed by atoms with Gasteiger partial charge in [-0.15, -0.1) is 0 Å². The minimum absolute atomic E-state index is 0.151. The van der Waals surface area contributed by atoms with E-state index in [0.29, 0.717) is 31.0 Å². The van der Waals surface area contributed by atoms with Crippen LogP contribution in [-0.2, 0) is 6.54 Å². The first-order valence-electron chi connectivity index (χ1n) is 9.80. The molecule has 1 N–H and O–H groups in total. The van der Waals surface area contributed by atoms with E-state index in [4.69, 9.17) is 4.74 Å². The molecule has 0 fully saturated rings. The summed E-state index contributed by atoms with van der Waals surface area (Å²) in [6.07, 6.45) is 3.59. The number of nitrogens with zero attached hydrogens (tertiary/aromatic N) is 2. The molecule has 1 amide bonds. The second kappa shape index (κ2) is 10.2. The lowest BCUT2D eigenvalue weighted by Crippen LogP contribution is -2.30. The molecule has 3 rings (SSSR count). The van der Waals surface area contributed by atoms with Gasteiger partial charge in [0.1, 0.15) is 5.75 Å². The van der Waals surface area contributed by atoms with Gasteiger partial charge < -0.3 is 10.1 Å². The Kier molecular flexibility index (Phi) is 7.16. The van der Waals surface area contributed by atoms with E-state index in [2.05, 4.69) is 17.2 Å². The van der Waals surface area contributed by atoms with Crippen molar-refractivity contribution in [3.05, 3.63) is 82.9 Å². The number of rotatable bonds is 9. The summed E-state index contributed by atoms with van der Waals surface area (Å²) in [5.74, 6) is 0.568. The highest BCUT2D eigenvalue weighted by molar-refractivity contribution is 5.94. The fourth-order valence-electron chi connectivity index (χ4n) is 2.79. The van der Waals surface area contributed by atoms with Crippen molar-refractivity contribution in [1.29, 1.82) is 0 Å². The minimum Gasteiger partial charge on any atom is -0.494 e. The summed E-state index contributed by atoms with van der Waals surface area (Å²) < 4.78 is 7.08. The number of unbranched alkanes of at least 4 members (excludes halogenated alkanes) is 1. The zero-order valence-corrected chi connectivity index (χ0v) is 16.5. The largest absolute Gasteiger partial charge is 0.494 e. The van der Waals surface area contributed by atoms with Crippen LogP contribution in [0.1, 0.15) is 30.1 Å². The smallest absolute Gasteiger partial charge is 0.253 e. The maximum Gasteiger partial charge on any atom is 0.253 e. The number of aromatic nitrogens is 2. The van der Waals surface area contributed by atoms with Crippen molar-refractivity contribution in [2.24, 2.45) is 0 Å². The van der Waals surface area contributed by atoms with Gasteiger partial charge in [-0.25, -0.2) is 4.98 Å². The number of ether oxygens (including phenoxy) is 1. The van der Waals surface area contributed by atoms with E-state index < -0.39 is 0 Å². The molecule has 3 aromatic rings. The minimum atomic E-state index is -0.188. The molecule has 6 nitrogen and oxygen atoms in total. The third-order valence-corrected chi connectivity index (χ3v) is 4.47. The lowest BCUT2D eigenvalue weighted by Gasteiger charge is -2.09. The first kappa shape index (κ1) is 20.3. The van der Waals surface area contributed by atoms with Crippen LogP contribution in [0.4, 0.5) is 0 Å². The summed E-state index contributed by atoms with van der Waals surface area (Å²) in [7, 11) is 0. The number of carbonyl (C=O) groups excluding carboxylic acids is 1. The Morgan fingerprint density at radius 3 is 2.55 bits per heavy atom. The number of benzene rings is 2. The van der Waals surface area contributed by atoms with E-state index in [-0.39, 0.29) is 11.5 Å². The van der Waals surface area contributed by atoms with Gasteiger partial charge in [-0.3, -0.25) is 14.2 Å². The number of nitrogens with one attached hydrogen (secondary N) is 1. The second-order valence-corrected chi connectivity index (χ2v) is 6.65. The molecule has 1 heterocycles. The van der Waals surface area contributed by atoms with Gasteiger partial charge in [0.15, 0.2) is 0 Å². The zero-order valence-electron chi connectivity index (χ0n) is 16.5. The van der Waals surface area contributed by atoms with Crippen LogP contribution in [0.3, 0.4) is 0 Å². The highest BCUT2D eigenvalue weighted by atomic mass is 16.5. The fraction of sp³-hybridized carbons (Fsp3) is 0.261. The molecule has 0 bridgehead atoms. The fourth-order valence-corrected chi connectivity index (χ4v) is 2.79. The predicted molar refractivity (Wildman–Crippen MR) is 113 cm³/mol. The summed E-state index contributed by atoms with van der Waals surface area (Å²) in [5.41, 5.74) is 1.93. The van der Waals surface area contributed by atoms with Gasteiger partial charge in [-0.2, -0.15) is 0 Å². The molecule has 150 valence electrons. The van der Waals surface area contributed by atoms with Crippen LogP contribution in [0.2, 0.25) is 0 Å². The van der Waals surface area contributed by atoms with Crippen molar-refractivity contribution in [3.63, 3.8) is 0 Å². The molecule has 2 aromatic carbocycles. The molecule has 0 saturated carbocycles. The van der Waals surface area contributed by atoms with Crippen molar-refractivity contribution in [1.82, 2.24) is 14.9 Å². The molecule has 0 spiro atoms. The summed E-state index contributed by atoms with van der Waals surface area (Å²) in [4.78, 5) is 28.9. The van der Waals surface area contributed by atoms with Crippen molar-refractivity contribution in [2.75, 3.05) is 13.2 Å². The Balaban J connectivity index is 1.52. The maximum atomic E-state index is 12.3. The quantitative estimate of drug-likeness (QED) is 0.567. The first-order valence-corrected chi connectivity index (χ1v) is 9.80. The lowest BCUT2D eigenvalue weighted by atomic mass is 10.1. The van der Waals surface area contributed by atoms with E-state index in [9.17, 15) is 9.59 Å². The summed E-state index contributed by atoms with van der Waals surface area (Å²) in [6.45, 7) is 3.47. The summed E-state index contributed by atoms with van der Waals surface area (Å²) in [6, 6.07) is 18.1. The van der Waals surface area contributed by atoms with Gasteiger partial charge in [0.05, 0.1) is 18.6 Å². The van der Waals surface area contributed by atoms with Gasteiger partial charge in [0.2, 0.25) is 0 Å². The predicted octanol–water partition coefficient (Wildman–Crippen LogP) is 3.52. The monoisotopic (exact) mass is 391 g/mol. The molecule has 0 aliphatic heterocycles. The van der Waals surface area contributed by atoms with Crippen LogP contribution in [0, 0.1) is 0 Å². The summed E-state index contributed by atoms with van der Waals surface area (Å²) in [5, 5.41) is 2.83. The van der Waals surface area contributed by atoms with Crippen LogP contribution < -0.4 is 15.6 Å². The van der Waals surface area contributed by atoms with Gasteiger partial charge in [-0.05, 0) is 30.7 Å². The second-order valence-electron chi connectivity index (χ2n) is 6.65. The van der Waals surface area contributed by atoms with Crippen LogP contribution in [0.5, 0.6) is 5.75 Å². The molecule has 0 saturated heterocycles. The van der Waals surface area contributed by atoms with Crippen LogP contribution in [0.15, 0.2) is 71.8 Å². The van der Waals surface area contributed by atoms with Crippen LogP contribution >= 0.6 is 0 Å². The molecule has 0 aliphatic rings. The van der Waals surface area contributed by atoms with E-state index in [1.54, 1.807) is 24.3 Å². The lowest BCUT2D eigenvalue weighted by molar-refractivity contribution is 0.0952. The molecule has 0 aliphatic carbocycles. The maximum absolute atomic E-state index is 12.3. The molecule has 1 aromatic heterocycles. The van der Waals surface area contributed by atoms with Crippen molar-refractivity contribution < 1.29 is 9.53 Å². The van der Waals surface area contributed by atoms with E-state index in [0.717, 1.165) is 24.2 Å². The molecule has 6 heteroatoms. The highest BCUT2D eigenvalue weighted by Gasteiger charge is 2.07. The zero-order chi connectivity index (χ0) is 20.5. The van der Waals surface area contributed by atoms with Crippen LogP contribution in [0.25, 0.3) is 11.3 Å². The number of hydrogen-bond acceptors (Lipinski definition) is 4. The SMILES string of the molecule is CCCCOc1ccc(C(=O)NCCn2cnc(-c3ccccc3)cc2=O)cc1. The van der Waals surface area contributed by atoms with Crippen LogP contribution in [-0.4, -0.2) is 28.6 Å². The molecular formula is C23H25N3O3. The average molecular weight is 391 g/mol. The number of carbonyl (C=O) groups is 1. The highest BCUT2D eigenvalue weighted by Crippen LogP contribution is 2.14. The molecule has 29 heavy (non-hydrogen) atoms. The Morgan fingerprint density at radius 1 is 1.10 bits per heavy atom. The third kappa shape index (κ3) is 5.78. The Hall–Kier alpha value is -3.41. The normalized spacial score (nSPS) is 10.5. The Labute approximate surface area is 170 Å². The average Bonchev–Trinajstić information content (AvgIpc) is 2.76. The molecular weight excluding hydrogens is 366 g/mol. The molecule has 0 unspecified atom stereocenters. The van der Waals surface area contributed by atoms with Gasteiger partial charge in [0, 0.05) is 30.3 Å². The topological polar surface area (TPSA) is 73.2 Å².